The van der Waals surface area contributed by atoms with Crippen molar-refractivity contribution in [2.24, 2.45) is 5.41 Å². The van der Waals surface area contributed by atoms with Crippen molar-refractivity contribution >= 4 is 0 Å². The third-order valence-corrected chi connectivity index (χ3v) is 5.47. The van der Waals surface area contributed by atoms with Gasteiger partial charge < -0.3 is 5.32 Å². The Hall–Kier alpha value is -0.120. The zero-order valence-corrected chi connectivity index (χ0v) is 14.5. The van der Waals surface area contributed by atoms with E-state index in [9.17, 15) is 0 Å². The molecule has 0 aromatic heterocycles. The summed E-state index contributed by atoms with van der Waals surface area (Å²) in [5, 5.41) is 3.77. The first-order chi connectivity index (χ1) is 9.25. The molecular formula is C17H35N3. The molecule has 0 radical (unpaired) electrons. The molecule has 20 heavy (non-hydrogen) atoms. The van der Waals surface area contributed by atoms with Crippen LogP contribution >= 0.6 is 0 Å². The van der Waals surface area contributed by atoms with Gasteiger partial charge in [-0.2, -0.15) is 0 Å². The first-order valence-corrected chi connectivity index (χ1v) is 8.48. The van der Waals surface area contributed by atoms with Crippen molar-refractivity contribution in [1.82, 2.24) is 15.1 Å². The average Bonchev–Trinajstić information content (AvgIpc) is 2.65. The molecule has 0 aromatic rings. The molecule has 0 bridgehead atoms. The zero-order valence-electron chi connectivity index (χ0n) is 14.5. The van der Waals surface area contributed by atoms with E-state index in [2.05, 4.69) is 56.7 Å². The van der Waals surface area contributed by atoms with E-state index >= 15 is 0 Å². The van der Waals surface area contributed by atoms with E-state index in [1.54, 1.807) is 0 Å². The van der Waals surface area contributed by atoms with Crippen LogP contribution in [0.15, 0.2) is 0 Å². The molecule has 1 heterocycles. The molecule has 3 heteroatoms. The van der Waals surface area contributed by atoms with Gasteiger partial charge in [0, 0.05) is 43.8 Å². The summed E-state index contributed by atoms with van der Waals surface area (Å²) in [7, 11) is 0. The monoisotopic (exact) mass is 281 g/mol. The van der Waals surface area contributed by atoms with Gasteiger partial charge in [0.2, 0.25) is 0 Å². The molecule has 2 atom stereocenters. The maximum Gasteiger partial charge on any atom is 0.0274 e. The second-order valence-corrected chi connectivity index (χ2v) is 8.32. The number of likely N-dealkylation sites (N-methyl/N-ethyl adjacent to an activating group) is 1. The Labute approximate surface area is 126 Å². The lowest BCUT2D eigenvalue weighted by molar-refractivity contribution is 0.0327. The summed E-state index contributed by atoms with van der Waals surface area (Å²) in [6.45, 7) is 20.1. The van der Waals surface area contributed by atoms with Gasteiger partial charge in [-0.1, -0.05) is 20.8 Å². The highest BCUT2D eigenvalue weighted by Crippen LogP contribution is 2.40. The van der Waals surface area contributed by atoms with Crippen molar-refractivity contribution in [3.63, 3.8) is 0 Å². The van der Waals surface area contributed by atoms with Crippen molar-refractivity contribution in [3.05, 3.63) is 0 Å². The summed E-state index contributed by atoms with van der Waals surface area (Å²) in [5.41, 5.74) is 0.768. The molecule has 2 fully saturated rings. The first kappa shape index (κ1) is 16.3. The van der Waals surface area contributed by atoms with Crippen LogP contribution in [0.1, 0.15) is 54.4 Å². The maximum atomic E-state index is 3.77. The highest BCUT2D eigenvalue weighted by Gasteiger charge is 2.44. The highest BCUT2D eigenvalue weighted by atomic mass is 15.3. The second kappa shape index (κ2) is 5.94. The Bertz CT molecular complexity index is 311. The molecule has 1 N–H and O–H groups in total. The fourth-order valence-corrected chi connectivity index (χ4v) is 4.11. The molecular weight excluding hydrogens is 246 g/mol. The summed E-state index contributed by atoms with van der Waals surface area (Å²) in [4.78, 5) is 5.39. The van der Waals surface area contributed by atoms with Gasteiger partial charge >= 0.3 is 0 Å². The van der Waals surface area contributed by atoms with Crippen molar-refractivity contribution in [2.75, 3.05) is 32.7 Å². The van der Waals surface area contributed by atoms with Crippen LogP contribution in [0.4, 0.5) is 0 Å². The Morgan fingerprint density at radius 2 is 1.70 bits per heavy atom. The topological polar surface area (TPSA) is 18.5 Å². The van der Waals surface area contributed by atoms with Gasteiger partial charge in [0.05, 0.1) is 0 Å². The van der Waals surface area contributed by atoms with Crippen molar-refractivity contribution in [2.45, 2.75) is 72.0 Å². The van der Waals surface area contributed by atoms with Gasteiger partial charge in [-0.25, -0.2) is 0 Å². The largest absolute Gasteiger partial charge is 0.312 e. The van der Waals surface area contributed by atoms with Gasteiger partial charge in [0.25, 0.3) is 0 Å². The van der Waals surface area contributed by atoms with Crippen LogP contribution in [-0.4, -0.2) is 60.1 Å². The van der Waals surface area contributed by atoms with E-state index in [4.69, 9.17) is 0 Å². The Kier molecular flexibility index (Phi) is 4.83. The van der Waals surface area contributed by atoms with Crippen LogP contribution in [0, 0.1) is 5.41 Å². The molecule has 2 rings (SSSR count). The van der Waals surface area contributed by atoms with E-state index in [0.29, 0.717) is 17.0 Å². The van der Waals surface area contributed by atoms with Crippen LogP contribution in [0.2, 0.25) is 0 Å². The van der Waals surface area contributed by atoms with Gasteiger partial charge in [-0.05, 0) is 45.6 Å². The predicted molar refractivity (Wildman–Crippen MR) is 87.2 cm³/mol. The molecule has 118 valence electrons. The molecule has 0 aromatic carbocycles. The summed E-state index contributed by atoms with van der Waals surface area (Å²) < 4.78 is 0. The van der Waals surface area contributed by atoms with Crippen molar-refractivity contribution < 1.29 is 0 Å². The smallest absolute Gasteiger partial charge is 0.0274 e. The Morgan fingerprint density at radius 3 is 2.20 bits per heavy atom. The van der Waals surface area contributed by atoms with E-state index in [1.807, 2.05) is 0 Å². The number of nitrogens with one attached hydrogen (secondary N) is 1. The zero-order chi connectivity index (χ0) is 15.0. The van der Waals surface area contributed by atoms with E-state index in [-0.39, 0.29) is 0 Å². The third-order valence-electron chi connectivity index (χ3n) is 5.47. The summed E-state index contributed by atoms with van der Waals surface area (Å²) in [6.07, 6.45) is 2.72. The van der Waals surface area contributed by atoms with Crippen molar-refractivity contribution in [1.29, 1.82) is 0 Å². The minimum Gasteiger partial charge on any atom is -0.312 e. The van der Waals surface area contributed by atoms with Crippen LogP contribution in [0.3, 0.4) is 0 Å². The van der Waals surface area contributed by atoms with Gasteiger partial charge in [-0.3, -0.25) is 9.80 Å². The quantitative estimate of drug-likeness (QED) is 0.858. The molecule has 2 aliphatic rings. The van der Waals surface area contributed by atoms with Crippen molar-refractivity contribution in [3.8, 4) is 0 Å². The molecule has 1 aliphatic heterocycles. The number of piperazine rings is 1. The number of rotatable bonds is 3. The summed E-state index contributed by atoms with van der Waals surface area (Å²) in [6, 6.07) is 1.40. The van der Waals surface area contributed by atoms with E-state index in [1.165, 1.54) is 39.0 Å². The van der Waals surface area contributed by atoms with Gasteiger partial charge in [0.1, 0.15) is 0 Å². The van der Waals surface area contributed by atoms with Crippen LogP contribution in [-0.2, 0) is 0 Å². The normalized spacial score (nSPS) is 32.7. The molecule has 1 saturated carbocycles. The first-order valence-electron chi connectivity index (χ1n) is 8.48. The van der Waals surface area contributed by atoms with Crippen LogP contribution < -0.4 is 5.32 Å². The van der Waals surface area contributed by atoms with E-state index in [0.717, 1.165) is 12.6 Å². The number of hydrogen-bond donors (Lipinski definition) is 1. The standard InChI is InChI=1S/C17H35N3/c1-7-18-15-14(8-9-17(15,5)6)19-10-12-20(13-11-19)16(2,3)4/h14-15,18H,7-13H2,1-6H3. The lowest BCUT2D eigenvalue weighted by atomic mass is 9.86. The molecule has 2 unspecified atom stereocenters. The Balaban J connectivity index is 1.96. The molecule has 1 saturated heterocycles. The SMILES string of the molecule is CCNC1C(N2CCN(C(C)(C)C)CC2)CCC1(C)C. The van der Waals surface area contributed by atoms with E-state index < -0.39 is 0 Å². The lowest BCUT2D eigenvalue weighted by Crippen LogP contribution is -2.59. The summed E-state index contributed by atoms with van der Waals surface area (Å²) in [5.74, 6) is 0. The minimum absolute atomic E-state index is 0.322. The minimum atomic E-state index is 0.322. The maximum absolute atomic E-state index is 3.77. The number of hydrogen-bond acceptors (Lipinski definition) is 3. The molecule has 0 amide bonds. The third kappa shape index (κ3) is 3.37. The fourth-order valence-electron chi connectivity index (χ4n) is 4.11. The lowest BCUT2D eigenvalue weighted by Gasteiger charge is -2.46. The molecule has 3 nitrogen and oxygen atoms in total. The highest BCUT2D eigenvalue weighted by molar-refractivity contribution is 5.02. The summed E-state index contributed by atoms with van der Waals surface area (Å²) >= 11 is 0. The van der Waals surface area contributed by atoms with Crippen LogP contribution in [0.25, 0.3) is 0 Å². The average molecular weight is 281 g/mol. The van der Waals surface area contributed by atoms with Gasteiger partial charge in [0.15, 0.2) is 0 Å². The Morgan fingerprint density at radius 1 is 1.10 bits per heavy atom. The van der Waals surface area contributed by atoms with Gasteiger partial charge in [-0.15, -0.1) is 0 Å². The fraction of sp³-hybridized carbons (Fsp3) is 1.00. The molecule has 0 spiro atoms. The molecule has 1 aliphatic carbocycles. The second-order valence-electron chi connectivity index (χ2n) is 8.32. The van der Waals surface area contributed by atoms with Crippen LogP contribution in [0.5, 0.6) is 0 Å². The number of nitrogens with zero attached hydrogens (tertiary/aromatic N) is 2. The predicted octanol–water partition coefficient (Wildman–Crippen LogP) is 2.57.